The van der Waals surface area contributed by atoms with Gasteiger partial charge in [0.05, 0.1) is 20.1 Å². The number of carbonyl (C=O) groups excluding carboxylic acids is 2. The van der Waals surface area contributed by atoms with Crippen LogP contribution in [0.4, 0.5) is 0 Å². The third-order valence-corrected chi connectivity index (χ3v) is 2.39. The minimum Gasteiger partial charge on any atom is -0.469 e. The van der Waals surface area contributed by atoms with Crippen LogP contribution < -0.4 is 5.32 Å². The fraction of sp³-hybridized carbons (Fsp3) is 0.800. The lowest BCUT2D eigenvalue weighted by Gasteiger charge is -2.22. The zero-order valence-electron chi connectivity index (χ0n) is 9.87. The number of nitrogens with one attached hydrogen (secondary N) is 1. The van der Waals surface area contributed by atoms with Gasteiger partial charge in [-0.1, -0.05) is 6.92 Å². The van der Waals surface area contributed by atoms with Crippen molar-refractivity contribution in [1.29, 1.82) is 0 Å². The molecule has 0 aromatic heterocycles. The molecule has 3 atom stereocenters. The molecule has 0 spiro atoms. The van der Waals surface area contributed by atoms with Crippen molar-refractivity contribution in [2.24, 2.45) is 5.92 Å². The first-order chi connectivity index (χ1) is 6.93. The first kappa shape index (κ1) is 13.9. The molecule has 88 valence electrons. The van der Waals surface area contributed by atoms with Crippen molar-refractivity contribution in [3.63, 3.8) is 0 Å². The van der Waals surface area contributed by atoms with Crippen LogP contribution >= 0.6 is 0 Å². The summed E-state index contributed by atoms with van der Waals surface area (Å²) in [6.07, 6.45) is 0. The highest BCUT2D eigenvalue weighted by Gasteiger charge is 2.24. The van der Waals surface area contributed by atoms with Crippen molar-refractivity contribution >= 4 is 11.9 Å². The molecule has 3 unspecified atom stereocenters. The van der Waals surface area contributed by atoms with Crippen molar-refractivity contribution in [3.8, 4) is 0 Å². The standard InChI is InChI=1S/C10H19NO4/c1-6(9(12)14-4)7(2)11-8(3)10(13)15-5/h6-8,11H,1-5H3. The number of methoxy groups -OCH3 is 2. The van der Waals surface area contributed by atoms with Crippen molar-refractivity contribution in [2.45, 2.75) is 32.9 Å². The van der Waals surface area contributed by atoms with Crippen LogP contribution in [0.5, 0.6) is 0 Å². The van der Waals surface area contributed by atoms with E-state index in [1.807, 2.05) is 6.92 Å². The Labute approximate surface area is 90.1 Å². The molecule has 0 fully saturated rings. The molecule has 5 heteroatoms. The minimum atomic E-state index is -0.433. The zero-order chi connectivity index (χ0) is 12.0. The highest BCUT2D eigenvalue weighted by atomic mass is 16.5. The maximum absolute atomic E-state index is 11.2. The Hall–Kier alpha value is -1.10. The van der Waals surface area contributed by atoms with E-state index in [2.05, 4.69) is 14.8 Å². The van der Waals surface area contributed by atoms with Crippen LogP contribution in [0.15, 0.2) is 0 Å². The summed E-state index contributed by atoms with van der Waals surface area (Å²) in [7, 11) is 2.67. The first-order valence-electron chi connectivity index (χ1n) is 4.85. The first-order valence-corrected chi connectivity index (χ1v) is 4.85. The van der Waals surface area contributed by atoms with Crippen molar-refractivity contribution in [2.75, 3.05) is 14.2 Å². The van der Waals surface area contributed by atoms with Crippen LogP contribution in [0.2, 0.25) is 0 Å². The molecule has 0 radical (unpaired) electrons. The minimum absolute atomic E-state index is 0.147. The highest BCUT2D eigenvalue weighted by Crippen LogP contribution is 2.05. The van der Waals surface area contributed by atoms with Crippen LogP contribution in [0, 0.1) is 5.92 Å². The summed E-state index contributed by atoms with van der Waals surface area (Å²) < 4.78 is 9.17. The lowest BCUT2D eigenvalue weighted by molar-refractivity contribution is -0.147. The molecule has 0 aliphatic heterocycles. The third kappa shape index (κ3) is 4.29. The van der Waals surface area contributed by atoms with E-state index in [0.717, 1.165) is 0 Å². The summed E-state index contributed by atoms with van der Waals surface area (Å²) in [6.45, 7) is 5.25. The molecule has 0 aromatic rings. The molecule has 5 nitrogen and oxygen atoms in total. The molecule has 0 saturated carbocycles. The Morgan fingerprint density at radius 1 is 1.00 bits per heavy atom. The van der Waals surface area contributed by atoms with Gasteiger partial charge in [-0.25, -0.2) is 0 Å². The molecule has 0 bridgehead atoms. The molecule has 0 aliphatic carbocycles. The van der Waals surface area contributed by atoms with E-state index in [4.69, 9.17) is 0 Å². The second kappa shape index (κ2) is 6.40. The average Bonchev–Trinajstić information content (AvgIpc) is 2.25. The van der Waals surface area contributed by atoms with Crippen LogP contribution in [0.1, 0.15) is 20.8 Å². The van der Waals surface area contributed by atoms with Crippen LogP contribution in [-0.4, -0.2) is 38.2 Å². The Bertz CT molecular complexity index is 229. The fourth-order valence-electron chi connectivity index (χ4n) is 1.17. The summed E-state index contributed by atoms with van der Waals surface area (Å²) >= 11 is 0. The molecule has 0 rings (SSSR count). The molecular weight excluding hydrogens is 198 g/mol. The lowest BCUT2D eigenvalue weighted by Crippen LogP contribution is -2.45. The van der Waals surface area contributed by atoms with Gasteiger partial charge in [0, 0.05) is 6.04 Å². The highest BCUT2D eigenvalue weighted by molar-refractivity contribution is 5.75. The Morgan fingerprint density at radius 3 is 1.87 bits per heavy atom. The van der Waals surface area contributed by atoms with Crippen molar-refractivity contribution in [3.05, 3.63) is 0 Å². The quantitative estimate of drug-likeness (QED) is 0.672. The third-order valence-electron chi connectivity index (χ3n) is 2.39. The van der Waals surface area contributed by atoms with Gasteiger partial charge in [0.2, 0.25) is 0 Å². The number of hydrogen-bond donors (Lipinski definition) is 1. The van der Waals surface area contributed by atoms with Crippen LogP contribution in [0.3, 0.4) is 0 Å². The largest absolute Gasteiger partial charge is 0.469 e. The molecule has 0 heterocycles. The average molecular weight is 217 g/mol. The SMILES string of the molecule is COC(=O)C(C)NC(C)C(C)C(=O)OC. The van der Waals surface area contributed by atoms with E-state index in [1.165, 1.54) is 14.2 Å². The van der Waals surface area contributed by atoms with E-state index < -0.39 is 6.04 Å². The van der Waals surface area contributed by atoms with Crippen molar-refractivity contribution in [1.82, 2.24) is 5.32 Å². The van der Waals surface area contributed by atoms with Gasteiger partial charge in [0.1, 0.15) is 6.04 Å². The maximum Gasteiger partial charge on any atom is 0.322 e. The van der Waals surface area contributed by atoms with E-state index in [1.54, 1.807) is 13.8 Å². The summed E-state index contributed by atoms with van der Waals surface area (Å²) in [5.74, 6) is -0.951. The van der Waals surface area contributed by atoms with Gasteiger partial charge < -0.3 is 14.8 Å². The second-order valence-electron chi connectivity index (χ2n) is 3.51. The van der Waals surface area contributed by atoms with Gasteiger partial charge >= 0.3 is 11.9 Å². The number of hydrogen-bond acceptors (Lipinski definition) is 5. The smallest absolute Gasteiger partial charge is 0.322 e. The van der Waals surface area contributed by atoms with E-state index in [-0.39, 0.29) is 23.9 Å². The molecule has 0 aromatic carbocycles. The Balaban J connectivity index is 4.17. The van der Waals surface area contributed by atoms with Gasteiger partial charge in [0.15, 0.2) is 0 Å². The van der Waals surface area contributed by atoms with E-state index in [0.29, 0.717) is 0 Å². The van der Waals surface area contributed by atoms with Gasteiger partial charge in [-0.05, 0) is 13.8 Å². The van der Waals surface area contributed by atoms with Gasteiger partial charge in [-0.2, -0.15) is 0 Å². The number of carbonyl (C=O) groups is 2. The number of rotatable bonds is 5. The fourth-order valence-corrected chi connectivity index (χ4v) is 1.17. The van der Waals surface area contributed by atoms with E-state index >= 15 is 0 Å². The molecule has 15 heavy (non-hydrogen) atoms. The summed E-state index contributed by atoms with van der Waals surface area (Å²) in [4.78, 5) is 22.3. The van der Waals surface area contributed by atoms with Gasteiger partial charge in [-0.3, -0.25) is 9.59 Å². The van der Waals surface area contributed by atoms with Crippen molar-refractivity contribution < 1.29 is 19.1 Å². The number of esters is 2. The predicted octanol–water partition coefficient (Wildman–Crippen LogP) is 0.335. The normalized spacial score (nSPS) is 16.3. The second-order valence-corrected chi connectivity index (χ2v) is 3.51. The topological polar surface area (TPSA) is 64.6 Å². The van der Waals surface area contributed by atoms with Gasteiger partial charge in [0.25, 0.3) is 0 Å². The van der Waals surface area contributed by atoms with Crippen LogP contribution in [-0.2, 0) is 19.1 Å². The lowest BCUT2D eigenvalue weighted by atomic mass is 10.0. The van der Waals surface area contributed by atoms with Gasteiger partial charge in [-0.15, -0.1) is 0 Å². The predicted molar refractivity (Wildman–Crippen MR) is 55.3 cm³/mol. The zero-order valence-corrected chi connectivity index (χ0v) is 9.87. The summed E-state index contributed by atoms with van der Waals surface area (Å²) in [5, 5.41) is 2.97. The summed E-state index contributed by atoms with van der Waals surface area (Å²) in [5.41, 5.74) is 0. The molecule has 0 amide bonds. The van der Waals surface area contributed by atoms with E-state index in [9.17, 15) is 9.59 Å². The molecule has 0 aliphatic rings. The molecule has 1 N–H and O–H groups in total. The number of ether oxygens (including phenoxy) is 2. The summed E-state index contributed by atoms with van der Waals surface area (Å²) in [6, 6.07) is -0.580. The maximum atomic E-state index is 11.2. The monoisotopic (exact) mass is 217 g/mol. The van der Waals surface area contributed by atoms with Crippen LogP contribution in [0.25, 0.3) is 0 Å². The molecule has 0 saturated heterocycles. The Morgan fingerprint density at radius 2 is 1.47 bits per heavy atom. The molecular formula is C10H19NO4. The Kier molecular flexibility index (Phi) is 5.93.